The number of sulfonamides is 1. The Kier molecular flexibility index (Phi) is 11.6. The molecular formula is C34H32Cl2F3N3O4S. The number of alkyl halides is 3. The molecule has 0 saturated heterocycles. The molecule has 0 aliphatic rings. The highest BCUT2D eigenvalue weighted by Gasteiger charge is 2.36. The van der Waals surface area contributed by atoms with Crippen molar-refractivity contribution in [1.29, 1.82) is 0 Å². The monoisotopic (exact) mass is 705 g/mol. The minimum atomic E-state index is -4.78. The lowest BCUT2D eigenvalue weighted by atomic mass is 10.0. The highest BCUT2D eigenvalue weighted by Crippen LogP contribution is 2.34. The van der Waals surface area contributed by atoms with Gasteiger partial charge in [-0.1, -0.05) is 83.4 Å². The molecule has 0 heterocycles. The number of carbonyl (C=O) groups is 2. The number of carbonyl (C=O) groups excluding carboxylic acids is 2. The van der Waals surface area contributed by atoms with Gasteiger partial charge in [-0.3, -0.25) is 13.9 Å². The zero-order chi connectivity index (χ0) is 34.4. The predicted molar refractivity (Wildman–Crippen MR) is 177 cm³/mol. The van der Waals surface area contributed by atoms with Crippen LogP contribution in [0.3, 0.4) is 0 Å². The van der Waals surface area contributed by atoms with Crippen LogP contribution in [-0.2, 0) is 38.8 Å². The maximum atomic E-state index is 14.4. The van der Waals surface area contributed by atoms with Crippen molar-refractivity contribution in [1.82, 2.24) is 10.2 Å². The molecule has 13 heteroatoms. The molecule has 0 unspecified atom stereocenters. The van der Waals surface area contributed by atoms with Crippen molar-refractivity contribution in [3.05, 3.63) is 129 Å². The Labute approximate surface area is 282 Å². The summed E-state index contributed by atoms with van der Waals surface area (Å²) in [5.74, 6) is -1.36. The molecule has 0 aliphatic heterocycles. The maximum Gasteiger partial charge on any atom is 0.416 e. The van der Waals surface area contributed by atoms with Crippen LogP contribution in [-0.4, -0.2) is 44.3 Å². The van der Waals surface area contributed by atoms with Crippen LogP contribution in [0.15, 0.2) is 102 Å². The van der Waals surface area contributed by atoms with Crippen molar-refractivity contribution in [3.63, 3.8) is 0 Å². The Hall–Kier alpha value is -4.06. The van der Waals surface area contributed by atoms with Gasteiger partial charge >= 0.3 is 6.18 Å². The lowest BCUT2D eigenvalue weighted by molar-refractivity contribution is -0.140. The molecule has 4 rings (SSSR count). The van der Waals surface area contributed by atoms with E-state index < -0.39 is 46.2 Å². The highest BCUT2D eigenvalue weighted by atomic mass is 35.5. The Morgan fingerprint density at radius 1 is 0.894 bits per heavy atom. The minimum Gasteiger partial charge on any atom is -0.355 e. The summed E-state index contributed by atoms with van der Waals surface area (Å²) in [6.45, 7) is 2.55. The van der Waals surface area contributed by atoms with E-state index in [2.05, 4.69) is 5.32 Å². The summed E-state index contributed by atoms with van der Waals surface area (Å²) in [6.07, 6.45) is -4.73. The fourth-order valence-electron chi connectivity index (χ4n) is 4.88. The Bertz CT molecular complexity index is 1820. The summed E-state index contributed by atoms with van der Waals surface area (Å²) >= 11 is 12.6. The SMILES string of the molecule is CCNC(=O)[C@H](Cc1ccccc1)N(Cc1ccc(Cl)cc1Cl)C(=O)CN(c1cccc(C(F)(F)F)c1)S(=O)(=O)c1ccc(C)cc1. The number of nitrogens with one attached hydrogen (secondary N) is 1. The number of rotatable bonds is 12. The predicted octanol–water partition coefficient (Wildman–Crippen LogP) is 7.29. The Morgan fingerprint density at radius 2 is 1.57 bits per heavy atom. The van der Waals surface area contributed by atoms with E-state index in [1.54, 1.807) is 68.4 Å². The molecule has 1 N–H and O–H groups in total. The topological polar surface area (TPSA) is 86.8 Å². The number of likely N-dealkylation sites (N-methyl/N-ethyl adjacent to an activating group) is 1. The van der Waals surface area contributed by atoms with Crippen LogP contribution in [0.1, 0.15) is 29.2 Å². The smallest absolute Gasteiger partial charge is 0.355 e. The molecule has 7 nitrogen and oxygen atoms in total. The normalized spacial score (nSPS) is 12.3. The van der Waals surface area contributed by atoms with Crippen molar-refractivity contribution in [3.8, 4) is 0 Å². The fraction of sp³-hybridized carbons (Fsp3) is 0.235. The third-order valence-electron chi connectivity index (χ3n) is 7.33. The summed E-state index contributed by atoms with van der Waals surface area (Å²) in [7, 11) is -4.59. The molecule has 0 aliphatic carbocycles. The lowest BCUT2D eigenvalue weighted by Gasteiger charge is -2.34. The van der Waals surface area contributed by atoms with Gasteiger partial charge in [-0.25, -0.2) is 8.42 Å². The molecule has 0 fully saturated rings. The van der Waals surface area contributed by atoms with Crippen molar-refractivity contribution in [2.75, 3.05) is 17.4 Å². The van der Waals surface area contributed by atoms with Gasteiger partial charge in [0, 0.05) is 29.6 Å². The minimum absolute atomic E-state index is 0.0535. The molecular weight excluding hydrogens is 674 g/mol. The second kappa shape index (κ2) is 15.2. The van der Waals surface area contributed by atoms with E-state index in [4.69, 9.17) is 23.2 Å². The summed E-state index contributed by atoms with van der Waals surface area (Å²) in [6, 6.07) is 21.8. The third-order valence-corrected chi connectivity index (χ3v) is 9.70. The van der Waals surface area contributed by atoms with Crippen LogP contribution in [0.2, 0.25) is 10.0 Å². The second-order valence-corrected chi connectivity index (χ2v) is 13.4. The van der Waals surface area contributed by atoms with Crippen LogP contribution in [0.5, 0.6) is 0 Å². The van der Waals surface area contributed by atoms with Crippen molar-refractivity contribution in [2.24, 2.45) is 0 Å². The van der Waals surface area contributed by atoms with Crippen LogP contribution in [0.4, 0.5) is 18.9 Å². The molecule has 2 amide bonds. The molecule has 47 heavy (non-hydrogen) atoms. The number of aryl methyl sites for hydroxylation is 1. The van der Waals surface area contributed by atoms with E-state index in [1.807, 2.05) is 0 Å². The van der Waals surface area contributed by atoms with E-state index in [0.29, 0.717) is 26.5 Å². The molecule has 4 aromatic carbocycles. The quantitative estimate of drug-likeness (QED) is 0.168. The molecule has 0 spiro atoms. The summed E-state index contributed by atoms with van der Waals surface area (Å²) in [5, 5.41) is 3.27. The first-order valence-corrected chi connectivity index (χ1v) is 16.7. The van der Waals surface area contributed by atoms with Gasteiger partial charge in [-0.2, -0.15) is 13.2 Å². The average Bonchev–Trinajstić information content (AvgIpc) is 3.02. The third kappa shape index (κ3) is 9.06. The van der Waals surface area contributed by atoms with Gasteiger partial charge < -0.3 is 10.2 Å². The molecule has 248 valence electrons. The Balaban J connectivity index is 1.86. The Morgan fingerprint density at radius 3 is 2.19 bits per heavy atom. The number of hydrogen-bond acceptors (Lipinski definition) is 4. The van der Waals surface area contributed by atoms with E-state index in [9.17, 15) is 31.2 Å². The molecule has 4 aromatic rings. The number of nitrogens with zero attached hydrogens (tertiary/aromatic N) is 2. The molecule has 1 atom stereocenters. The second-order valence-electron chi connectivity index (χ2n) is 10.7. The van der Waals surface area contributed by atoms with E-state index in [-0.39, 0.29) is 35.1 Å². The maximum absolute atomic E-state index is 14.4. The van der Waals surface area contributed by atoms with Crippen LogP contribution in [0.25, 0.3) is 0 Å². The molecule has 0 aromatic heterocycles. The van der Waals surface area contributed by atoms with Crippen LogP contribution >= 0.6 is 23.2 Å². The van der Waals surface area contributed by atoms with E-state index >= 15 is 0 Å². The summed E-state index contributed by atoms with van der Waals surface area (Å²) < 4.78 is 70.0. The van der Waals surface area contributed by atoms with Gasteiger partial charge in [-0.15, -0.1) is 0 Å². The number of benzene rings is 4. The zero-order valence-corrected chi connectivity index (χ0v) is 27.8. The van der Waals surface area contributed by atoms with E-state index in [0.717, 1.165) is 17.7 Å². The first kappa shape index (κ1) is 35.8. The van der Waals surface area contributed by atoms with Crippen molar-refractivity contribution < 1.29 is 31.2 Å². The average molecular weight is 707 g/mol. The number of halogens is 5. The molecule has 0 bridgehead atoms. The van der Waals surface area contributed by atoms with Gasteiger partial charge in [0.25, 0.3) is 10.0 Å². The zero-order valence-electron chi connectivity index (χ0n) is 25.5. The summed E-state index contributed by atoms with van der Waals surface area (Å²) in [4.78, 5) is 28.9. The van der Waals surface area contributed by atoms with Crippen molar-refractivity contribution in [2.45, 2.75) is 43.9 Å². The summed E-state index contributed by atoms with van der Waals surface area (Å²) in [5.41, 5.74) is 0.406. The number of hydrogen-bond donors (Lipinski definition) is 1. The standard InChI is InChI=1S/C34H32Cl2F3N3O4S/c1-3-40-33(44)31(18-24-8-5-4-6-9-24)41(21-25-14-15-27(35)20-30(25)36)32(43)22-42(28-11-7-10-26(19-28)34(37,38)39)47(45,46)29-16-12-23(2)13-17-29/h4-17,19-20,31H,3,18,21-22H2,1-2H3,(H,40,44)/t31-/m0/s1. The van der Waals surface area contributed by atoms with Crippen LogP contribution < -0.4 is 9.62 Å². The molecule has 0 saturated carbocycles. The first-order chi connectivity index (χ1) is 22.2. The first-order valence-electron chi connectivity index (χ1n) is 14.5. The van der Waals surface area contributed by atoms with E-state index in [1.165, 1.54) is 29.2 Å². The van der Waals surface area contributed by atoms with Crippen molar-refractivity contribution >= 4 is 50.7 Å². The molecule has 0 radical (unpaired) electrons. The lowest BCUT2D eigenvalue weighted by Crippen LogP contribution is -2.53. The largest absolute Gasteiger partial charge is 0.416 e. The van der Waals surface area contributed by atoms with Gasteiger partial charge in [0.05, 0.1) is 16.1 Å². The van der Waals surface area contributed by atoms with Crippen LogP contribution in [0, 0.1) is 6.92 Å². The number of anilines is 1. The van der Waals surface area contributed by atoms with Gasteiger partial charge in [0.1, 0.15) is 12.6 Å². The number of amides is 2. The van der Waals surface area contributed by atoms with Gasteiger partial charge in [0.2, 0.25) is 11.8 Å². The van der Waals surface area contributed by atoms with Gasteiger partial charge in [0.15, 0.2) is 0 Å². The fourth-order valence-corrected chi connectivity index (χ4v) is 6.76. The van der Waals surface area contributed by atoms with Gasteiger partial charge in [-0.05, 0) is 67.4 Å². The highest BCUT2D eigenvalue weighted by molar-refractivity contribution is 7.92.